The van der Waals surface area contributed by atoms with Gasteiger partial charge < -0.3 is 14.9 Å². The van der Waals surface area contributed by atoms with Gasteiger partial charge in [0.1, 0.15) is 5.82 Å². The van der Waals surface area contributed by atoms with Gasteiger partial charge in [0.15, 0.2) is 0 Å². The van der Waals surface area contributed by atoms with Gasteiger partial charge in [-0.05, 0) is 63.1 Å². The van der Waals surface area contributed by atoms with E-state index in [1.165, 1.54) is 0 Å². The topological polar surface area (TPSA) is 43.8 Å². The van der Waals surface area contributed by atoms with Crippen molar-refractivity contribution in [3.8, 4) is 0 Å². The molecule has 4 nitrogen and oxygen atoms in total. The molecule has 2 aliphatic heterocycles. The highest BCUT2D eigenvalue weighted by Crippen LogP contribution is 2.44. The summed E-state index contributed by atoms with van der Waals surface area (Å²) in [6.45, 7) is 1.47. The predicted molar refractivity (Wildman–Crippen MR) is 99.9 cm³/mol. The Morgan fingerprint density at radius 3 is 2.45 bits per heavy atom. The normalized spacial score (nSPS) is 31.0. The van der Waals surface area contributed by atoms with E-state index in [1.54, 1.807) is 4.90 Å². The summed E-state index contributed by atoms with van der Waals surface area (Å²) in [5, 5.41) is 9.72. The summed E-state index contributed by atoms with van der Waals surface area (Å²) >= 11 is 0. The molecule has 2 saturated heterocycles. The first-order chi connectivity index (χ1) is 13.7. The highest BCUT2D eigenvalue weighted by molar-refractivity contribution is 5.86. The van der Waals surface area contributed by atoms with Gasteiger partial charge in [0.05, 0.1) is 17.1 Å². The van der Waals surface area contributed by atoms with Gasteiger partial charge in [-0.15, -0.1) is 0 Å². The first-order valence-electron chi connectivity index (χ1n) is 10.3. The van der Waals surface area contributed by atoms with Gasteiger partial charge in [0.2, 0.25) is 5.91 Å². The Balaban J connectivity index is 1.53. The molecule has 8 heteroatoms. The van der Waals surface area contributed by atoms with Crippen LogP contribution in [0.25, 0.3) is 0 Å². The highest BCUT2D eigenvalue weighted by atomic mass is 19.4. The van der Waals surface area contributed by atoms with Crippen LogP contribution in [0.2, 0.25) is 0 Å². The average molecular weight is 414 g/mol. The first kappa shape index (κ1) is 20.4. The zero-order valence-corrected chi connectivity index (χ0v) is 16.2. The van der Waals surface area contributed by atoms with Gasteiger partial charge in [0.25, 0.3) is 0 Å². The highest BCUT2D eigenvalue weighted by Gasteiger charge is 2.50. The maximum absolute atomic E-state index is 13.9. The molecule has 1 aromatic rings. The summed E-state index contributed by atoms with van der Waals surface area (Å²) in [5.74, 6) is -0.856. The SMILES string of the molecule is O=C1N(C2CCC(O)CC2)CC[C@]12CCCN(c1cc(F)cc(C(F)(F)F)c1)C2. The van der Waals surface area contributed by atoms with Crippen LogP contribution in [0.15, 0.2) is 18.2 Å². The van der Waals surface area contributed by atoms with Gasteiger partial charge in [-0.1, -0.05) is 0 Å². The third-order valence-electron chi connectivity index (χ3n) is 6.80. The molecule has 1 atom stereocenters. The monoisotopic (exact) mass is 414 g/mol. The van der Waals surface area contributed by atoms with Crippen LogP contribution < -0.4 is 4.90 Å². The van der Waals surface area contributed by atoms with Crippen molar-refractivity contribution in [3.05, 3.63) is 29.6 Å². The Morgan fingerprint density at radius 2 is 1.76 bits per heavy atom. The molecule has 0 unspecified atom stereocenters. The van der Waals surface area contributed by atoms with E-state index in [2.05, 4.69) is 0 Å². The fourth-order valence-electron chi connectivity index (χ4n) is 5.22. The fraction of sp³-hybridized carbons (Fsp3) is 0.667. The molecule has 1 N–H and O–H groups in total. The number of aliphatic hydroxyl groups is 1. The van der Waals surface area contributed by atoms with Crippen molar-refractivity contribution in [2.45, 2.75) is 63.3 Å². The third-order valence-corrected chi connectivity index (χ3v) is 6.80. The Kier molecular flexibility index (Phi) is 5.25. The van der Waals surface area contributed by atoms with Crippen molar-refractivity contribution in [1.82, 2.24) is 4.90 Å². The molecule has 1 saturated carbocycles. The number of hydrogen-bond donors (Lipinski definition) is 1. The maximum atomic E-state index is 13.9. The summed E-state index contributed by atoms with van der Waals surface area (Å²) in [4.78, 5) is 17.0. The van der Waals surface area contributed by atoms with E-state index in [4.69, 9.17) is 0 Å². The lowest BCUT2D eigenvalue weighted by Gasteiger charge is -2.41. The molecule has 3 aliphatic rings. The zero-order valence-electron chi connectivity index (χ0n) is 16.2. The lowest BCUT2D eigenvalue weighted by Crippen LogP contribution is -2.50. The molecule has 160 valence electrons. The maximum Gasteiger partial charge on any atom is 0.416 e. The Labute approximate surface area is 167 Å². The number of rotatable bonds is 2. The minimum absolute atomic E-state index is 0.0658. The van der Waals surface area contributed by atoms with Gasteiger partial charge in [0, 0.05) is 31.4 Å². The molecule has 3 fully saturated rings. The molecule has 1 aromatic carbocycles. The van der Waals surface area contributed by atoms with Crippen LogP contribution in [0.1, 0.15) is 50.5 Å². The second kappa shape index (κ2) is 7.45. The number of benzene rings is 1. The summed E-state index contributed by atoms with van der Waals surface area (Å²) in [6, 6.07) is 2.73. The number of likely N-dealkylation sites (tertiary alicyclic amines) is 1. The molecule has 1 spiro atoms. The first-order valence-corrected chi connectivity index (χ1v) is 10.3. The summed E-state index contributed by atoms with van der Waals surface area (Å²) in [7, 11) is 0. The van der Waals surface area contributed by atoms with E-state index in [0.717, 1.165) is 25.0 Å². The Bertz CT molecular complexity index is 776. The van der Waals surface area contributed by atoms with Crippen LogP contribution in [0.4, 0.5) is 23.2 Å². The molecule has 1 amide bonds. The van der Waals surface area contributed by atoms with Gasteiger partial charge in [-0.25, -0.2) is 4.39 Å². The fourth-order valence-corrected chi connectivity index (χ4v) is 5.22. The molecule has 0 bridgehead atoms. The lowest BCUT2D eigenvalue weighted by molar-refractivity contribution is -0.139. The van der Waals surface area contributed by atoms with E-state index in [1.807, 2.05) is 4.90 Å². The minimum Gasteiger partial charge on any atom is -0.393 e. The number of hydrogen-bond acceptors (Lipinski definition) is 3. The number of anilines is 1. The summed E-state index contributed by atoms with van der Waals surface area (Å²) < 4.78 is 53.1. The van der Waals surface area contributed by atoms with Crippen LogP contribution in [0, 0.1) is 11.2 Å². The van der Waals surface area contributed by atoms with Crippen LogP contribution in [-0.4, -0.2) is 47.7 Å². The molecule has 2 heterocycles. The predicted octanol–water partition coefficient (Wildman–Crippen LogP) is 3.97. The lowest BCUT2D eigenvalue weighted by atomic mass is 9.78. The number of aliphatic hydroxyl groups excluding tert-OH is 1. The smallest absolute Gasteiger partial charge is 0.393 e. The van der Waals surface area contributed by atoms with Crippen molar-refractivity contribution < 1.29 is 27.5 Å². The summed E-state index contributed by atoms with van der Waals surface area (Å²) in [5.41, 5.74) is -1.44. The Morgan fingerprint density at radius 1 is 1.03 bits per heavy atom. The summed E-state index contributed by atoms with van der Waals surface area (Å²) in [6.07, 6.45) is 0.0966. The Hall–Kier alpha value is -1.83. The zero-order chi connectivity index (χ0) is 20.8. The number of alkyl halides is 3. The average Bonchev–Trinajstić information content (AvgIpc) is 2.97. The van der Waals surface area contributed by atoms with Crippen molar-refractivity contribution in [2.24, 2.45) is 5.41 Å². The number of carbonyl (C=O) groups is 1. The van der Waals surface area contributed by atoms with Crippen molar-refractivity contribution in [2.75, 3.05) is 24.5 Å². The van der Waals surface area contributed by atoms with Gasteiger partial charge in [-0.3, -0.25) is 4.79 Å². The van der Waals surface area contributed by atoms with E-state index >= 15 is 0 Å². The van der Waals surface area contributed by atoms with E-state index in [0.29, 0.717) is 57.8 Å². The molecule has 0 radical (unpaired) electrons. The van der Waals surface area contributed by atoms with E-state index < -0.39 is 23.0 Å². The third kappa shape index (κ3) is 3.96. The number of carbonyl (C=O) groups excluding carboxylic acids is 1. The number of nitrogens with zero attached hydrogens (tertiary/aromatic N) is 2. The van der Waals surface area contributed by atoms with Crippen LogP contribution >= 0.6 is 0 Å². The molecule has 0 aromatic heterocycles. The quantitative estimate of drug-likeness (QED) is 0.745. The molecule has 1 aliphatic carbocycles. The number of halogens is 4. The minimum atomic E-state index is -4.62. The molecule has 4 rings (SSSR count). The number of piperidine rings is 1. The molecular weight excluding hydrogens is 388 g/mol. The van der Waals surface area contributed by atoms with Crippen LogP contribution in [0.5, 0.6) is 0 Å². The molecule has 29 heavy (non-hydrogen) atoms. The van der Waals surface area contributed by atoms with Gasteiger partial charge >= 0.3 is 6.18 Å². The van der Waals surface area contributed by atoms with E-state index in [9.17, 15) is 27.5 Å². The van der Waals surface area contributed by atoms with Crippen molar-refractivity contribution >= 4 is 11.6 Å². The van der Waals surface area contributed by atoms with Crippen LogP contribution in [0.3, 0.4) is 0 Å². The van der Waals surface area contributed by atoms with Gasteiger partial charge in [-0.2, -0.15) is 13.2 Å². The largest absolute Gasteiger partial charge is 0.416 e. The van der Waals surface area contributed by atoms with Crippen molar-refractivity contribution in [1.29, 1.82) is 0 Å². The second-order valence-corrected chi connectivity index (χ2v) is 8.71. The standard InChI is InChI=1S/C21H26F4N2O2/c22-15-10-14(21(23,24)25)11-17(12-15)26-8-1-6-20(13-26)7-9-27(19(20)29)16-2-4-18(28)5-3-16/h10-12,16,18,28H,1-9,13H2/t16?,18?,20-/m0/s1. The molecular formula is C21H26F4N2O2. The second-order valence-electron chi connectivity index (χ2n) is 8.71. The van der Waals surface area contributed by atoms with E-state index in [-0.39, 0.29) is 23.7 Å². The van der Waals surface area contributed by atoms with Crippen LogP contribution in [-0.2, 0) is 11.0 Å². The van der Waals surface area contributed by atoms with Crippen molar-refractivity contribution in [3.63, 3.8) is 0 Å². The number of amides is 1.